The second kappa shape index (κ2) is 8.68. The first-order chi connectivity index (χ1) is 14.5. The molecule has 7 nitrogen and oxygen atoms in total. The van der Waals surface area contributed by atoms with Crippen molar-refractivity contribution in [2.24, 2.45) is 0 Å². The highest BCUT2D eigenvalue weighted by Crippen LogP contribution is 2.27. The molecule has 30 heavy (non-hydrogen) atoms. The molecule has 0 amide bonds. The Morgan fingerprint density at radius 1 is 1.03 bits per heavy atom. The van der Waals surface area contributed by atoms with Crippen LogP contribution in [0.2, 0.25) is 5.02 Å². The van der Waals surface area contributed by atoms with Crippen molar-refractivity contribution in [3.8, 4) is 5.69 Å². The zero-order valence-corrected chi connectivity index (χ0v) is 17.0. The number of aromatic amines is 2. The van der Waals surface area contributed by atoms with E-state index in [1.807, 2.05) is 22.8 Å². The van der Waals surface area contributed by atoms with Crippen LogP contribution in [0.4, 0.5) is 4.39 Å². The predicted octanol–water partition coefficient (Wildman–Crippen LogP) is 3.32. The zero-order valence-electron chi connectivity index (χ0n) is 15.4. The lowest BCUT2D eigenvalue weighted by Gasteiger charge is -2.10. The van der Waals surface area contributed by atoms with Gasteiger partial charge in [-0.05, 0) is 42.0 Å². The summed E-state index contributed by atoms with van der Waals surface area (Å²) >= 11 is 7.41. The number of thioether (sulfide) groups is 1. The maximum Gasteiger partial charge on any atom is 0.325 e. The topological polar surface area (TPSA) is 96.4 Å². The smallest absolute Gasteiger partial charge is 0.311 e. The molecule has 0 bridgehead atoms. The van der Waals surface area contributed by atoms with Gasteiger partial charge in [-0.25, -0.2) is 9.18 Å². The Morgan fingerprint density at radius 3 is 2.57 bits per heavy atom. The predicted molar refractivity (Wildman–Crippen MR) is 113 cm³/mol. The fourth-order valence-corrected chi connectivity index (χ4v) is 3.96. The molecule has 0 atom stereocenters. The summed E-state index contributed by atoms with van der Waals surface area (Å²) in [6.07, 6.45) is 0.190. The molecule has 0 aliphatic carbocycles. The molecule has 0 aliphatic heterocycles. The van der Waals surface area contributed by atoms with Crippen molar-refractivity contribution in [1.82, 2.24) is 24.7 Å². The van der Waals surface area contributed by atoms with Gasteiger partial charge in [0.1, 0.15) is 11.6 Å². The molecule has 0 saturated heterocycles. The third-order valence-electron chi connectivity index (χ3n) is 4.21. The van der Waals surface area contributed by atoms with E-state index in [9.17, 15) is 14.0 Å². The molecule has 2 aromatic heterocycles. The van der Waals surface area contributed by atoms with Crippen LogP contribution in [0.25, 0.3) is 5.69 Å². The number of benzene rings is 2. The lowest BCUT2D eigenvalue weighted by Crippen LogP contribution is -2.23. The normalized spacial score (nSPS) is 11.0. The van der Waals surface area contributed by atoms with Gasteiger partial charge in [-0.1, -0.05) is 35.5 Å². The lowest BCUT2D eigenvalue weighted by molar-refractivity contribution is 0.626. The number of aromatic nitrogens is 5. The first kappa shape index (κ1) is 20.1. The van der Waals surface area contributed by atoms with E-state index in [-0.39, 0.29) is 12.2 Å². The third kappa shape index (κ3) is 4.69. The summed E-state index contributed by atoms with van der Waals surface area (Å²) in [7, 11) is 0. The van der Waals surface area contributed by atoms with E-state index in [2.05, 4.69) is 20.2 Å². The minimum Gasteiger partial charge on any atom is -0.311 e. The van der Waals surface area contributed by atoms with Gasteiger partial charge in [-0.3, -0.25) is 14.3 Å². The Kier molecular flexibility index (Phi) is 5.82. The van der Waals surface area contributed by atoms with Crippen molar-refractivity contribution in [1.29, 1.82) is 0 Å². The molecular formula is C20H15ClFN5O2S. The monoisotopic (exact) mass is 443 g/mol. The van der Waals surface area contributed by atoms with E-state index in [0.717, 1.165) is 11.3 Å². The third-order valence-corrected chi connectivity index (χ3v) is 5.46. The van der Waals surface area contributed by atoms with Gasteiger partial charge in [0.25, 0.3) is 5.56 Å². The van der Waals surface area contributed by atoms with Crippen molar-refractivity contribution in [2.45, 2.75) is 17.3 Å². The summed E-state index contributed by atoms with van der Waals surface area (Å²) in [6, 6.07) is 14.8. The molecule has 2 aromatic carbocycles. The maximum absolute atomic E-state index is 13.5. The number of hydrogen-bond donors (Lipinski definition) is 2. The largest absolute Gasteiger partial charge is 0.325 e. The number of nitrogens with one attached hydrogen (secondary N) is 2. The lowest BCUT2D eigenvalue weighted by atomic mass is 10.2. The number of nitrogens with zero attached hydrogens (tertiary/aromatic N) is 3. The molecule has 0 saturated carbocycles. The highest BCUT2D eigenvalue weighted by molar-refractivity contribution is 7.98. The van der Waals surface area contributed by atoms with Crippen molar-refractivity contribution in [3.63, 3.8) is 0 Å². The first-order valence-corrected chi connectivity index (χ1v) is 10.2. The quantitative estimate of drug-likeness (QED) is 0.446. The van der Waals surface area contributed by atoms with Crippen LogP contribution in [0.15, 0.2) is 69.3 Å². The van der Waals surface area contributed by atoms with Crippen LogP contribution < -0.4 is 11.2 Å². The number of halogens is 2. The first-order valence-electron chi connectivity index (χ1n) is 8.88. The summed E-state index contributed by atoms with van der Waals surface area (Å²) in [5, 5.41) is 9.69. The Balaban J connectivity index is 1.70. The average molecular weight is 444 g/mol. The molecule has 2 heterocycles. The van der Waals surface area contributed by atoms with Crippen molar-refractivity contribution < 1.29 is 4.39 Å². The van der Waals surface area contributed by atoms with Gasteiger partial charge in [0, 0.05) is 34.6 Å². The summed E-state index contributed by atoms with van der Waals surface area (Å²) in [4.78, 5) is 27.9. The molecule has 4 rings (SSSR count). The van der Waals surface area contributed by atoms with E-state index in [4.69, 9.17) is 11.6 Å². The maximum atomic E-state index is 13.5. The van der Waals surface area contributed by atoms with Crippen LogP contribution in [0.1, 0.15) is 17.1 Å². The SMILES string of the molecule is O=c1cc(Cc2nnc(SCc3cccc(F)c3)n2-c2ccc(Cl)cc2)[nH]c(=O)[nH]1. The molecule has 4 aromatic rings. The van der Waals surface area contributed by atoms with Crippen LogP contribution in [0.3, 0.4) is 0 Å². The fraction of sp³-hybridized carbons (Fsp3) is 0.100. The number of rotatable bonds is 6. The molecule has 0 fully saturated rings. The second-order valence-corrected chi connectivity index (χ2v) is 7.80. The van der Waals surface area contributed by atoms with E-state index < -0.39 is 11.2 Å². The van der Waals surface area contributed by atoms with Crippen molar-refractivity contribution in [2.75, 3.05) is 0 Å². The molecule has 0 unspecified atom stereocenters. The minimum atomic E-state index is -0.587. The van der Waals surface area contributed by atoms with Crippen LogP contribution in [-0.4, -0.2) is 24.7 Å². The molecular weight excluding hydrogens is 429 g/mol. The van der Waals surface area contributed by atoms with Crippen molar-refractivity contribution in [3.05, 3.63) is 103 Å². The van der Waals surface area contributed by atoms with Crippen LogP contribution in [0, 0.1) is 5.82 Å². The van der Waals surface area contributed by atoms with Gasteiger partial charge in [0.15, 0.2) is 5.16 Å². The van der Waals surface area contributed by atoms with Gasteiger partial charge in [-0.2, -0.15) is 0 Å². The molecule has 0 spiro atoms. The van der Waals surface area contributed by atoms with Crippen molar-refractivity contribution >= 4 is 23.4 Å². The molecule has 152 valence electrons. The Bertz CT molecular complexity index is 1270. The highest BCUT2D eigenvalue weighted by atomic mass is 35.5. The summed E-state index contributed by atoms with van der Waals surface area (Å²) < 4.78 is 15.3. The van der Waals surface area contributed by atoms with Gasteiger partial charge < -0.3 is 4.98 Å². The number of H-pyrrole nitrogens is 2. The Morgan fingerprint density at radius 2 is 1.83 bits per heavy atom. The summed E-state index contributed by atoms with van der Waals surface area (Å²) in [6.45, 7) is 0. The fourth-order valence-electron chi connectivity index (χ4n) is 2.92. The number of hydrogen-bond acceptors (Lipinski definition) is 5. The minimum absolute atomic E-state index is 0.190. The van der Waals surface area contributed by atoms with E-state index >= 15 is 0 Å². The van der Waals surface area contributed by atoms with Gasteiger partial charge in [0.2, 0.25) is 0 Å². The van der Waals surface area contributed by atoms with Gasteiger partial charge >= 0.3 is 5.69 Å². The highest BCUT2D eigenvalue weighted by Gasteiger charge is 2.16. The van der Waals surface area contributed by atoms with Crippen LogP contribution >= 0.6 is 23.4 Å². The summed E-state index contributed by atoms with van der Waals surface area (Å²) in [5.41, 5.74) is 0.912. The average Bonchev–Trinajstić information content (AvgIpc) is 3.09. The Labute approximate surface area is 179 Å². The van der Waals surface area contributed by atoms with E-state index in [1.165, 1.54) is 30.0 Å². The molecule has 10 heteroatoms. The summed E-state index contributed by atoms with van der Waals surface area (Å²) in [5.74, 6) is 0.720. The second-order valence-electron chi connectivity index (χ2n) is 6.42. The van der Waals surface area contributed by atoms with Crippen LogP contribution in [0.5, 0.6) is 0 Å². The van der Waals surface area contributed by atoms with Gasteiger partial charge in [0.05, 0.1) is 0 Å². The molecule has 0 radical (unpaired) electrons. The van der Waals surface area contributed by atoms with Crippen LogP contribution in [-0.2, 0) is 12.2 Å². The molecule has 2 N–H and O–H groups in total. The van der Waals surface area contributed by atoms with E-state index in [0.29, 0.717) is 27.5 Å². The molecule has 0 aliphatic rings. The van der Waals surface area contributed by atoms with Gasteiger partial charge in [-0.15, -0.1) is 10.2 Å². The standard InChI is InChI=1S/C20H15ClFN5O2S/c21-13-4-6-16(7-5-13)27-17(9-15-10-18(28)24-19(29)23-15)25-26-20(27)30-11-12-2-1-3-14(22)8-12/h1-8,10H,9,11H2,(H2,23,24,28,29). The zero-order chi connectivity index (χ0) is 21.1. The van der Waals surface area contributed by atoms with E-state index in [1.54, 1.807) is 18.2 Å². The Hall–Kier alpha value is -3.17.